The van der Waals surface area contributed by atoms with Crippen LogP contribution in [-0.4, -0.2) is 31.3 Å². The molecule has 2 N–H and O–H groups in total. The van der Waals surface area contributed by atoms with Crippen molar-refractivity contribution in [2.75, 3.05) is 20.3 Å². The van der Waals surface area contributed by atoms with Crippen LogP contribution in [0.5, 0.6) is 5.75 Å². The molecule has 4 nitrogen and oxygen atoms in total. The van der Waals surface area contributed by atoms with Gasteiger partial charge in [-0.3, -0.25) is 4.79 Å². The monoisotopic (exact) mass is 277 g/mol. The minimum Gasteiger partial charge on any atom is -0.497 e. The molecule has 0 aromatic heterocycles. The smallest absolute Gasteiger partial charge is 0.220 e. The molecule has 1 fully saturated rings. The van der Waals surface area contributed by atoms with Gasteiger partial charge in [0.2, 0.25) is 5.91 Å². The third-order valence-electron chi connectivity index (χ3n) is 4.11. The first-order chi connectivity index (χ1) is 9.58. The highest BCUT2D eigenvalue weighted by Gasteiger charge is 2.42. The Labute approximate surface area is 120 Å². The van der Waals surface area contributed by atoms with Gasteiger partial charge in [-0.2, -0.15) is 0 Å². The van der Waals surface area contributed by atoms with E-state index in [1.807, 2.05) is 31.2 Å². The summed E-state index contributed by atoms with van der Waals surface area (Å²) in [6.07, 6.45) is 2.47. The Morgan fingerprint density at radius 3 is 2.85 bits per heavy atom. The van der Waals surface area contributed by atoms with Crippen LogP contribution in [0.3, 0.4) is 0 Å². The second-order valence-electron chi connectivity index (χ2n) is 5.82. The topological polar surface area (TPSA) is 58.6 Å². The van der Waals surface area contributed by atoms with E-state index < -0.39 is 0 Å². The highest BCUT2D eigenvalue weighted by molar-refractivity contribution is 5.76. The predicted octanol–water partition coefficient (Wildman–Crippen LogP) is 2.08. The van der Waals surface area contributed by atoms with Gasteiger partial charge in [-0.25, -0.2) is 0 Å². The molecule has 110 valence electrons. The average Bonchev–Trinajstić information content (AvgIpc) is 3.26. The van der Waals surface area contributed by atoms with Crippen LogP contribution in [0.15, 0.2) is 24.3 Å². The van der Waals surface area contributed by atoms with Gasteiger partial charge in [0.15, 0.2) is 0 Å². The number of hydrogen-bond donors (Lipinski definition) is 2. The third-order valence-corrected chi connectivity index (χ3v) is 4.11. The molecule has 2 rings (SSSR count). The number of carbonyl (C=O) groups excluding carboxylic acids is 1. The Bertz CT molecular complexity index is 469. The van der Waals surface area contributed by atoms with Crippen molar-refractivity contribution in [2.45, 2.75) is 32.1 Å². The Hall–Kier alpha value is -1.55. The first kappa shape index (κ1) is 14.9. The summed E-state index contributed by atoms with van der Waals surface area (Å²) in [7, 11) is 1.64. The van der Waals surface area contributed by atoms with Gasteiger partial charge in [-0.15, -0.1) is 0 Å². The van der Waals surface area contributed by atoms with Crippen molar-refractivity contribution < 1.29 is 14.6 Å². The zero-order valence-electron chi connectivity index (χ0n) is 12.2. The van der Waals surface area contributed by atoms with Crippen LogP contribution in [-0.2, 0) is 4.79 Å². The lowest BCUT2D eigenvalue weighted by molar-refractivity contribution is -0.121. The molecule has 1 atom stereocenters. The Morgan fingerprint density at radius 1 is 1.50 bits per heavy atom. The van der Waals surface area contributed by atoms with Crippen LogP contribution in [0.1, 0.15) is 37.7 Å². The quantitative estimate of drug-likeness (QED) is 0.802. The first-order valence-electron chi connectivity index (χ1n) is 7.10. The van der Waals surface area contributed by atoms with E-state index in [1.54, 1.807) is 7.11 Å². The molecule has 1 aliphatic rings. The van der Waals surface area contributed by atoms with E-state index in [-0.39, 0.29) is 23.8 Å². The summed E-state index contributed by atoms with van der Waals surface area (Å²) in [4.78, 5) is 11.9. The number of methoxy groups -OCH3 is 1. The number of rotatable bonds is 7. The summed E-state index contributed by atoms with van der Waals surface area (Å²) in [5.41, 5.74) is 1.07. The number of ether oxygens (including phenoxy) is 1. The highest BCUT2D eigenvalue weighted by atomic mass is 16.5. The van der Waals surface area contributed by atoms with Crippen molar-refractivity contribution in [1.29, 1.82) is 0 Å². The number of aliphatic hydroxyl groups excluding tert-OH is 1. The normalized spacial score (nSPS) is 17.4. The zero-order valence-corrected chi connectivity index (χ0v) is 12.2. The number of nitrogens with one attached hydrogen (secondary N) is 1. The summed E-state index contributed by atoms with van der Waals surface area (Å²) in [6, 6.07) is 7.81. The zero-order chi connectivity index (χ0) is 14.6. The van der Waals surface area contributed by atoms with Crippen LogP contribution >= 0.6 is 0 Å². The molecule has 1 aliphatic carbocycles. The van der Waals surface area contributed by atoms with E-state index in [0.29, 0.717) is 13.0 Å². The van der Waals surface area contributed by atoms with Crippen molar-refractivity contribution in [3.05, 3.63) is 29.8 Å². The van der Waals surface area contributed by atoms with Gasteiger partial charge in [0.1, 0.15) is 5.75 Å². The van der Waals surface area contributed by atoms with Gasteiger partial charge in [-0.1, -0.05) is 19.1 Å². The fourth-order valence-corrected chi connectivity index (χ4v) is 2.27. The SMILES string of the molecule is COc1cccc(C(C)CC(=O)NCC2(CO)CC2)c1. The second-order valence-corrected chi connectivity index (χ2v) is 5.82. The number of aliphatic hydroxyl groups is 1. The summed E-state index contributed by atoms with van der Waals surface area (Å²) in [5, 5.41) is 12.2. The van der Waals surface area contributed by atoms with Gasteiger partial charge in [0, 0.05) is 18.4 Å². The maximum atomic E-state index is 11.9. The molecule has 0 aliphatic heterocycles. The molecule has 0 heterocycles. The maximum Gasteiger partial charge on any atom is 0.220 e. The van der Waals surface area contributed by atoms with Gasteiger partial charge >= 0.3 is 0 Å². The van der Waals surface area contributed by atoms with Crippen molar-refractivity contribution in [3.63, 3.8) is 0 Å². The Kier molecular flexibility index (Phi) is 4.65. The standard InChI is InChI=1S/C16H23NO3/c1-12(13-4-3-5-14(9-13)20-2)8-15(19)17-10-16(11-18)6-7-16/h3-5,9,12,18H,6-8,10-11H2,1-2H3,(H,17,19). The second kappa shape index (κ2) is 6.27. The number of hydrogen-bond acceptors (Lipinski definition) is 3. The largest absolute Gasteiger partial charge is 0.497 e. The first-order valence-corrected chi connectivity index (χ1v) is 7.10. The molecule has 1 saturated carbocycles. The lowest BCUT2D eigenvalue weighted by Gasteiger charge is -2.16. The summed E-state index contributed by atoms with van der Waals surface area (Å²) in [6.45, 7) is 2.79. The van der Waals surface area contributed by atoms with E-state index >= 15 is 0 Å². The number of amides is 1. The van der Waals surface area contributed by atoms with Crippen LogP contribution in [0, 0.1) is 5.41 Å². The van der Waals surface area contributed by atoms with Gasteiger partial charge in [0.05, 0.1) is 13.7 Å². The maximum absolute atomic E-state index is 11.9. The lowest BCUT2D eigenvalue weighted by Crippen LogP contribution is -2.32. The summed E-state index contributed by atoms with van der Waals surface area (Å²) >= 11 is 0. The fourth-order valence-electron chi connectivity index (χ4n) is 2.27. The molecule has 20 heavy (non-hydrogen) atoms. The molecule has 0 spiro atoms. The summed E-state index contributed by atoms with van der Waals surface area (Å²) < 4.78 is 5.20. The molecule has 4 heteroatoms. The van der Waals surface area contributed by atoms with Gasteiger partial charge in [0.25, 0.3) is 0 Å². The molecular formula is C16H23NO3. The van der Waals surface area contributed by atoms with Crippen molar-refractivity contribution in [1.82, 2.24) is 5.32 Å². The van der Waals surface area contributed by atoms with Gasteiger partial charge in [-0.05, 0) is 36.5 Å². The van der Waals surface area contributed by atoms with Crippen LogP contribution in [0.25, 0.3) is 0 Å². The van der Waals surface area contributed by atoms with Gasteiger partial charge < -0.3 is 15.2 Å². The Morgan fingerprint density at radius 2 is 2.25 bits per heavy atom. The van der Waals surface area contributed by atoms with Crippen molar-refractivity contribution >= 4 is 5.91 Å². The Balaban J connectivity index is 1.83. The van der Waals surface area contributed by atoms with E-state index in [4.69, 9.17) is 4.74 Å². The van der Waals surface area contributed by atoms with Crippen LogP contribution < -0.4 is 10.1 Å². The lowest BCUT2D eigenvalue weighted by atomic mass is 9.97. The van der Waals surface area contributed by atoms with Crippen molar-refractivity contribution in [2.24, 2.45) is 5.41 Å². The third kappa shape index (κ3) is 3.73. The molecule has 0 saturated heterocycles. The number of benzene rings is 1. The predicted molar refractivity (Wildman–Crippen MR) is 77.8 cm³/mol. The number of carbonyl (C=O) groups is 1. The minimum absolute atomic E-state index is 0.0329. The highest BCUT2D eigenvalue weighted by Crippen LogP contribution is 2.44. The molecule has 1 unspecified atom stereocenters. The van der Waals surface area contributed by atoms with E-state index in [2.05, 4.69) is 5.32 Å². The molecular weight excluding hydrogens is 254 g/mol. The fraction of sp³-hybridized carbons (Fsp3) is 0.562. The average molecular weight is 277 g/mol. The van der Waals surface area contributed by atoms with Crippen LogP contribution in [0.4, 0.5) is 0 Å². The van der Waals surface area contributed by atoms with E-state index in [9.17, 15) is 9.90 Å². The molecule has 0 bridgehead atoms. The molecule has 1 amide bonds. The summed E-state index contributed by atoms with van der Waals surface area (Å²) in [5.74, 6) is 1.00. The molecule has 1 aromatic rings. The van der Waals surface area contributed by atoms with Crippen molar-refractivity contribution in [3.8, 4) is 5.75 Å². The van der Waals surface area contributed by atoms with E-state index in [1.165, 1.54) is 0 Å². The van der Waals surface area contributed by atoms with Crippen LogP contribution in [0.2, 0.25) is 0 Å². The molecule has 0 radical (unpaired) electrons. The minimum atomic E-state index is -0.0329. The molecule has 1 aromatic carbocycles. The van der Waals surface area contributed by atoms with E-state index in [0.717, 1.165) is 24.2 Å².